The zero-order chi connectivity index (χ0) is 11.1. The molecule has 14 heavy (non-hydrogen) atoms. The van der Waals surface area contributed by atoms with E-state index in [2.05, 4.69) is 5.32 Å². The largest absolute Gasteiger partial charge is 0.383 e. The Balaban J connectivity index is 4.08. The molecule has 4 heteroatoms. The maximum absolute atomic E-state index is 11.5. The molecule has 0 aliphatic heterocycles. The summed E-state index contributed by atoms with van der Waals surface area (Å²) in [6.07, 6.45) is 0.656. The average molecular weight is 202 g/mol. The van der Waals surface area contributed by atoms with Gasteiger partial charge in [0.25, 0.3) is 0 Å². The highest BCUT2D eigenvalue weighted by molar-refractivity contribution is 5.81. The van der Waals surface area contributed by atoms with E-state index < -0.39 is 6.04 Å². The Morgan fingerprint density at radius 3 is 2.43 bits per heavy atom. The molecule has 0 aliphatic carbocycles. The molecule has 2 atom stereocenters. The predicted molar refractivity (Wildman–Crippen MR) is 56.9 cm³/mol. The summed E-state index contributed by atoms with van der Waals surface area (Å²) in [6, 6.07) is -0.363. The Bertz CT molecular complexity index is 172. The number of nitrogens with one attached hydrogen (secondary N) is 1. The number of ether oxygens (including phenoxy) is 1. The van der Waals surface area contributed by atoms with E-state index >= 15 is 0 Å². The van der Waals surface area contributed by atoms with E-state index in [1.165, 1.54) is 0 Å². The second-order valence-electron chi connectivity index (χ2n) is 3.83. The van der Waals surface area contributed by atoms with Crippen molar-refractivity contribution in [3.05, 3.63) is 0 Å². The summed E-state index contributed by atoms with van der Waals surface area (Å²) in [6.45, 7) is 6.51. The first-order valence-electron chi connectivity index (χ1n) is 5.07. The molecule has 0 aromatic rings. The van der Waals surface area contributed by atoms with E-state index in [0.717, 1.165) is 0 Å². The summed E-state index contributed by atoms with van der Waals surface area (Å²) < 4.78 is 5.02. The fourth-order valence-electron chi connectivity index (χ4n) is 1.06. The molecule has 0 saturated heterocycles. The zero-order valence-electron chi connectivity index (χ0n) is 9.54. The Morgan fingerprint density at radius 1 is 1.50 bits per heavy atom. The zero-order valence-corrected chi connectivity index (χ0v) is 9.54. The standard InChI is InChI=1S/C10H22N2O2/c1-5-8(11)10(13)12-9(6-14-4)7(2)3/h7-9H,5-6,11H2,1-4H3,(H,12,13)/t8-,9?/m0/s1. The van der Waals surface area contributed by atoms with Crippen LogP contribution in [0.1, 0.15) is 27.2 Å². The highest BCUT2D eigenvalue weighted by Crippen LogP contribution is 2.02. The number of methoxy groups -OCH3 is 1. The summed E-state index contributed by atoms with van der Waals surface area (Å²) in [5.74, 6) is 0.256. The van der Waals surface area contributed by atoms with E-state index in [-0.39, 0.29) is 11.9 Å². The van der Waals surface area contributed by atoms with Crippen LogP contribution in [0, 0.1) is 5.92 Å². The third-order valence-electron chi connectivity index (χ3n) is 2.26. The first-order valence-corrected chi connectivity index (χ1v) is 5.07. The molecule has 0 bridgehead atoms. The van der Waals surface area contributed by atoms with Crippen LogP contribution >= 0.6 is 0 Å². The molecule has 0 fully saturated rings. The van der Waals surface area contributed by atoms with E-state index in [1.54, 1.807) is 7.11 Å². The lowest BCUT2D eigenvalue weighted by molar-refractivity contribution is -0.123. The number of amides is 1. The molecular weight excluding hydrogens is 180 g/mol. The molecule has 3 N–H and O–H groups in total. The summed E-state index contributed by atoms with van der Waals surface area (Å²) >= 11 is 0. The summed E-state index contributed by atoms with van der Waals surface area (Å²) in [5, 5.41) is 2.88. The highest BCUT2D eigenvalue weighted by atomic mass is 16.5. The van der Waals surface area contributed by atoms with Crippen LogP contribution in [-0.4, -0.2) is 31.7 Å². The number of hydrogen-bond donors (Lipinski definition) is 2. The fourth-order valence-corrected chi connectivity index (χ4v) is 1.06. The molecule has 0 saturated carbocycles. The number of carbonyl (C=O) groups is 1. The number of nitrogens with two attached hydrogens (primary N) is 1. The molecule has 0 heterocycles. The van der Waals surface area contributed by atoms with Gasteiger partial charge < -0.3 is 15.8 Å². The normalized spacial score (nSPS) is 15.3. The van der Waals surface area contributed by atoms with E-state index in [9.17, 15) is 4.79 Å². The SMILES string of the molecule is CC[C@H](N)C(=O)NC(COC)C(C)C. The smallest absolute Gasteiger partial charge is 0.237 e. The van der Waals surface area contributed by atoms with Crippen LogP contribution < -0.4 is 11.1 Å². The molecule has 0 aromatic carbocycles. The Labute approximate surface area is 86.2 Å². The van der Waals surface area contributed by atoms with Gasteiger partial charge in [-0.2, -0.15) is 0 Å². The van der Waals surface area contributed by atoms with Gasteiger partial charge in [-0.1, -0.05) is 20.8 Å². The molecule has 0 radical (unpaired) electrons. The van der Waals surface area contributed by atoms with Crippen molar-refractivity contribution < 1.29 is 9.53 Å². The van der Waals surface area contributed by atoms with Crippen molar-refractivity contribution in [2.75, 3.05) is 13.7 Å². The van der Waals surface area contributed by atoms with Gasteiger partial charge in [0, 0.05) is 7.11 Å². The minimum Gasteiger partial charge on any atom is -0.383 e. The maximum atomic E-state index is 11.5. The van der Waals surface area contributed by atoms with Crippen LogP contribution in [-0.2, 0) is 9.53 Å². The van der Waals surface area contributed by atoms with Crippen molar-refractivity contribution >= 4 is 5.91 Å². The Morgan fingerprint density at radius 2 is 2.07 bits per heavy atom. The Hall–Kier alpha value is -0.610. The molecule has 1 amide bonds. The lowest BCUT2D eigenvalue weighted by atomic mass is 10.0. The quantitative estimate of drug-likeness (QED) is 0.659. The molecule has 1 unspecified atom stereocenters. The molecule has 84 valence electrons. The van der Waals surface area contributed by atoms with E-state index in [4.69, 9.17) is 10.5 Å². The van der Waals surface area contributed by atoms with Crippen molar-refractivity contribution in [2.45, 2.75) is 39.3 Å². The van der Waals surface area contributed by atoms with Crippen LogP contribution in [0.5, 0.6) is 0 Å². The lowest BCUT2D eigenvalue weighted by Gasteiger charge is -2.23. The third-order valence-corrected chi connectivity index (χ3v) is 2.26. The van der Waals surface area contributed by atoms with Crippen LogP contribution in [0.3, 0.4) is 0 Å². The first kappa shape index (κ1) is 13.4. The molecule has 0 rings (SSSR count). The minimum absolute atomic E-state index is 0.0464. The monoisotopic (exact) mass is 202 g/mol. The summed E-state index contributed by atoms with van der Waals surface area (Å²) in [7, 11) is 1.63. The molecule has 0 aliphatic rings. The lowest BCUT2D eigenvalue weighted by Crippen LogP contribution is -2.48. The molecule has 0 aromatic heterocycles. The molecule has 4 nitrogen and oxygen atoms in total. The van der Waals surface area contributed by atoms with Crippen molar-refractivity contribution in [1.82, 2.24) is 5.32 Å². The predicted octanol–water partition coefficient (Wildman–Crippen LogP) is 0.511. The second-order valence-corrected chi connectivity index (χ2v) is 3.83. The average Bonchev–Trinajstić information content (AvgIpc) is 2.15. The minimum atomic E-state index is -0.409. The Kier molecular flexibility index (Phi) is 6.49. The van der Waals surface area contributed by atoms with Gasteiger partial charge in [-0.15, -0.1) is 0 Å². The van der Waals surface area contributed by atoms with Crippen LogP contribution in [0.2, 0.25) is 0 Å². The van der Waals surface area contributed by atoms with Gasteiger partial charge in [0.1, 0.15) is 0 Å². The van der Waals surface area contributed by atoms with Gasteiger partial charge in [-0.05, 0) is 12.3 Å². The van der Waals surface area contributed by atoms with Crippen molar-refractivity contribution in [2.24, 2.45) is 11.7 Å². The second kappa shape index (κ2) is 6.79. The molecular formula is C10H22N2O2. The van der Waals surface area contributed by atoms with Gasteiger partial charge in [0.15, 0.2) is 0 Å². The highest BCUT2D eigenvalue weighted by Gasteiger charge is 2.18. The third kappa shape index (κ3) is 4.58. The van der Waals surface area contributed by atoms with Crippen molar-refractivity contribution in [1.29, 1.82) is 0 Å². The van der Waals surface area contributed by atoms with E-state index in [1.807, 2.05) is 20.8 Å². The van der Waals surface area contributed by atoms with Gasteiger partial charge in [-0.3, -0.25) is 4.79 Å². The van der Waals surface area contributed by atoms with Crippen molar-refractivity contribution in [3.8, 4) is 0 Å². The fraction of sp³-hybridized carbons (Fsp3) is 0.900. The van der Waals surface area contributed by atoms with Gasteiger partial charge in [-0.25, -0.2) is 0 Å². The number of rotatable bonds is 6. The van der Waals surface area contributed by atoms with E-state index in [0.29, 0.717) is 18.9 Å². The maximum Gasteiger partial charge on any atom is 0.237 e. The van der Waals surface area contributed by atoms with Crippen LogP contribution in [0.15, 0.2) is 0 Å². The first-order chi connectivity index (χ1) is 6.52. The van der Waals surface area contributed by atoms with Crippen LogP contribution in [0.25, 0.3) is 0 Å². The van der Waals surface area contributed by atoms with Gasteiger partial charge >= 0.3 is 0 Å². The van der Waals surface area contributed by atoms with Crippen molar-refractivity contribution in [3.63, 3.8) is 0 Å². The van der Waals surface area contributed by atoms with Gasteiger partial charge in [0.05, 0.1) is 18.7 Å². The van der Waals surface area contributed by atoms with Gasteiger partial charge in [0.2, 0.25) is 5.91 Å². The summed E-state index contributed by atoms with van der Waals surface area (Å²) in [4.78, 5) is 11.5. The number of carbonyl (C=O) groups excluding carboxylic acids is 1. The summed E-state index contributed by atoms with van der Waals surface area (Å²) in [5.41, 5.74) is 5.61. The van der Waals surface area contributed by atoms with Crippen LogP contribution in [0.4, 0.5) is 0 Å². The number of hydrogen-bond acceptors (Lipinski definition) is 3. The topological polar surface area (TPSA) is 64.4 Å². The molecule has 0 spiro atoms.